The van der Waals surface area contributed by atoms with Gasteiger partial charge in [0.15, 0.2) is 5.78 Å². The molecule has 4 N–H and O–H groups in total. The average molecular weight is 519 g/mol. The number of hydrogen-bond donors (Lipinski definition) is 4. The van der Waals surface area contributed by atoms with E-state index in [0.717, 1.165) is 19.3 Å². The minimum absolute atomic E-state index is 0.0827. The number of ketones is 1. The van der Waals surface area contributed by atoms with Crippen LogP contribution < -0.4 is 0 Å². The van der Waals surface area contributed by atoms with Gasteiger partial charge in [0.2, 0.25) is 0 Å². The van der Waals surface area contributed by atoms with Gasteiger partial charge in [0, 0.05) is 41.9 Å². The molecule has 0 radical (unpaired) electrons. The number of unbranched alkanes of at least 4 members (excludes halogenated alkanes) is 6. The maximum Gasteiger partial charge on any atom is 0.306 e. The van der Waals surface area contributed by atoms with Crippen molar-refractivity contribution in [1.29, 1.82) is 0 Å². The van der Waals surface area contributed by atoms with Crippen LogP contribution in [0.4, 0.5) is 0 Å². The number of ether oxygens (including phenoxy) is 1. The zero-order valence-electron chi connectivity index (χ0n) is 23.1. The van der Waals surface area contributed by atoms with Crippen molar-refractivity contribution in [2.24, 2.45) is 29.1 Å². The second-order valence-electron chi connectivity index (χ2n) is 12.7. The largest absolute Gasteiger partial charge is 0.455 e. The van der Waals surface area contributed by atoms with Crippen LogP contribution in [-0.4, -0.2) is 61.7 Å². The summed E-state index contributed by atoms with van der Waals surface area (Å²) in [5.74, 6) is -3.60. The molecule has 2 fully saturated rings. The monoisotopic (exact) mass is 518 g/mol. The number of esters is 1. The van der Waals surface area contributed by atoms with Crippen molar-refractivity contribution in [2.75, 3.05) is 6.61 Å². The van der Waals surface area contributed by atoms with Gasteiger partial charge in [0.25, 0.3) is 0 Å². The van der Waals surface area contributed by atoms with Crippen LogP contribution in [-0.2, 0) is 14.3 Å². The molecule has 0 heterocycles. The van der Waals surface area contributed by atoms with E-state index in [9.17, 15) is 30.0 Å². The number of aliphatic hydroxyl groups is 4. The molecule has 1 unspecified atom stereocenters. The Kier molecular flexibility index (Phi) is 7.61. The summed E-state index contributed by atoms with van der Waals surface area (Å²) in [6, 6.07) is 0. The highest BCUT2D eigenvalue weighted by Crippen LogP contribution is 2.76. The zero-order valence-corrected chi connectivity index (χ0v) is 23.1. The SMILES string of the molecule is CCCCCCCCCC(=O)O[C@]12C([C@@H]3C=C(CO)C[C@]4(O)C(=O)C(C)=C[C@H]4[C@@]3(O)[C@H](C)[C@H]1O)C2(C)C. The topological polar surface area (TPSA) is 124 Å². The van der Waals surface area contributed by atoms with Crippen LogP contribution in [0.2, 0.25) is 0 Å². The third-order valence-electron chi connectivity index (χ3n) is 10.3. The fraction of sp³-hybridized carbons (Fsp3) is 0.800. The highest BCUT2D eigenvalue weighted by atomic mass is 16.6. The molecule has 7 nitrogen and oxygen atoms in total. The van der Waals surface area contributed by atoms with Crippen LogP contribution in [0, 0.1) is 29.1 Å². The van der Waals surface area contributed by atoms with Crippen LogP contribution >= 0.6 is 0 Å². The van der Waals surface area contributed by atoms with Crippen LogP contribution in [0.5, 0.6) is 0 Å². The molecule has 0 aliphatic heterocycles. The molecule has 0 bridgehead atoms. The normalized spacial score (nSPS) is 41.6. The second-order valence-corrected chi connectivity index (χ2v) is 12.7. The summed E-state index contributed by atoms with van der Waals surface area (Å²) >= 11 is 0. The molecule has 0 amide bonds. The van der Waals surface area contributed by atoms with Gasteiger partial charge >= 0.3 is 5.97 Å². The molecule has 4 aliphatic rings. The van der Waals surface area contributed by atoms with Crippen LogP contribution in [0.1, 0.15) is 92.4 Å². The first kappa shape index (κ1) is 28.5. The standard InChI is InChI=1S/C30H46O7/c1-6-7-8-9-10-11-12-13-23(32)37-30-24(27(30,4)5)21-15-20(17-31)16-28(35)22(14-18(2)25(28)33)29(21,36)19(3)26(30)34/h14-15,19,21-22,24,26,31,34-36H,6-13,16-17H2,1-5H3/t19-,21+,22-,24?,26-,28-,29-,30-/m1/s1. The molecule has 2 saturated carbocycles. The highest BCUT2D eigenvalue weighted by molar-refractivity contribution is 6.04. The highest BCUT2D eigenvalue weighted by Gasteiger charge is 2.86. The van der Waals surface area contributed by atoms with E-state index in [4.69, 9.17) is 4.74 Å². The Labute approximate surface area is 221 Å². The van der Waals surface area contributed by atoms with Crippen molar-refractivity contribution in [1.82, 2.24) is 0 Å². The lowest BCUT2D eigenvalue weighted by Gasteiger charge is -2.52. The summed E-state index contributed by atoms with van der Waals surface area (Å²) in [4.78, 5) is 26.1. The lowest BCUT2D eigenvalue weighted by atomic mass is 9.59. The van der Waals surface area contributed by atoms with Gasteiger partial charge in [-0.2, -0.15) is 0 Å². The Balaban J connectivity index is 1.59. The molecule has 0 spiro atoms. The Bertz CT molecular complexity index is 982. The van der Waals surface area contributed by atoms with Gasteiger partial charge < -0.3 is 25.2 Å². The number of carbonyl (C=O) groups is 2. The predicted molar refractivity (Wildman–Crippen MR) is 139 cm³/mol. The molecule has 0 aromatic heterocycles. The van der Waals surface area contributed by atoms with E-state index in [1.807, 2.05) is 13.8 Å². The van der Waals surface area contributed by atoms with Crippen LogP contribution in [0.25, 0.3) is 0 Å². The van der Waals surface area contributed by atoms with Gasteiger partial charge in [0.05, 0.1) is 18.3 Å². The van der Waals surface area contributed by atoms with Crippen molar-refractivity contribution < 1.29 is 34.8 Å². The number of carbonyl (C=O) groups excluding carboxylic acids is 2. The van der Waals surface area contributed by atoms with E-state index in [2.05, 4.69) is 6.92 Å². The molecule has 4 rings (SSSR count). The van der Waals surface area contributed by atoms with E-state index in [-0.39, 0.29) is 25.4 Å². The molecule has 7 heteroatoms. The molecule has 0 saturated heterocycles. The quantitative estimate of drug-likeness (QED) is 0.198. The van der Waals surface area contributed by atoms with Crippen LogP contribution in [0.15, 0.2) is 23.3 Å². The number of Topliss-reactive ketones (excluding diaryl/α,β-unsaturated/α-hetero) is 1. The fourth-order valence-electron chi connectivity index (χ4n) is 8.13. The molecule has 37 heavy (non-hydrogen) atoms. The first-order valence-corrected chi connectivity index (χ1v) is 14.2. The first-order valence-electron chi connectivity index (χ1n) is 14.2. The summed E-state index contributed by atoms with van der Waals surface area (Å²) in [7, 11) is 0. The summed E-state index contributed by atoms with van der Waals surface area (Å²) in [6.07, 6.45) is 10.0. The van der Waals surface area contributed by atoms with E-state index < -0.39 is 57.8 Å². The van der Waals surface area contributed by atoms with E-state index >= 15 is 0 Å². The maximum absolute atomic E-state index is 13.0. The minimum atomic E-state index is -1.89. The first-order chi connectivity index (χ1) is 17.3. The summed E-state index contributed by atoms with van der Waals surface area (Å²) in [6.45, 7) is 9.03. The van der Waals surface area contributed by atoms with Crippen molar-refractivity contribution >= 4 is 11.8 Å². The van der Waals surface area contributed by atoms with Crippen LogP contribution in [0.3, 0.4) is 0 Å². The minimum Gasteiger partial charge on any atom is -0.455 e. The zero-order chi connectivity index (χ0) is 27.4. The average Bonchev–Trinajstić information content (AvgIpc) is 3.28. The van der Waals surface area contributed by atoms with E-state index in [1.165, 1.54) is 25.7 Å². The fourth-order valence-corrected chi connectivity index (χ4v) is 8.13. The lowest BCUT2D eigenvalue weighted by Crippen LogP contribution is -2.65. The van der Waals surface area contributed by atoms with Gasteiger partial charge in [-0.3, -0.25) is 9.59 Å². The summed E-state index contributed by atoms with van der Waals surface area (Å²) in [5.41, 5.74) is -4.53. The Morgan fingerprint density at radius 2 is 1.70 bits per heavy atom. The van der Waals surface area contributed by atoms with Crippen molar-refractivity contribution in [2.45, 2.75) is 115 Å². The number of fused-ring (bicyclic) bond motifs is 5. The Hall–Kier alpha value is -1.54. The Morgan fingerprint density at radius 1 is 1.08 bits per heavy atom. The molecule has 8 atom stereocenters. The van der Waals surface area contributed by atoms with Crippen molar-refractivity contribution in [3.8, 4) is 0 Å². The molecule has 0 aromatic carbocycles. The number of rotatable bonds is 10. The number of hydrogen-bond acceptors (Lipinski definition) is 7. The Morgan fingerprint density at radius 3 is 2.32 bits per heavy atom. The van der Waals surface area contributed by atoms with E-state index in [0.29, 0.717) is 11.1 Å². The maximum atomic E-state index is 13.0. The van der Waals surface area contributed by atoms with Gasteiger partial charge in [-0.05, 0) is 24.5 Å². The van der Waals surface area contributed by atoms with E-state index in [1.54, 1.807) is 26.0 Å². The predicted octanol–water partition coefficient (Wildman–Crippen LogP) is 3.62. The molecule has 0 aromatic rings. The lowest BCUT2D eigenvalue weighted by molar-refractivity contribution is -0.219. The molecular weight excluding hydrogens is 472 g/mol. The third-order valence-corrected chi connectivity index (χ3v) is 10.3. The third kappa shape index (κ3) is 4.07. The van der Waals surface area contributed by atoms with Gasteiger partial charge in [-0.15, -0.1) is 0 Å². The smallest absolute Gasteiger partial charge is 0.306 e. The second kappa shape index (κ2) is 9.89. The van der Waals surface area contributed by atoms with Crippen molar-refractivity contribution in [3.63, 3.8) is 0 Å². The molecule has 4 aliphatic carbocycles. The van der Waals surface area contributed by atoms with Crippen molar-refractivity contribution in [3.05, 3.63) is 23.3 Å². The van der Waals surface area contributed by atoms with Gasteiger partial charge in [-0.1, -0.05) is 78.4 Å². The summed E-state index contributed by atoms with van der Waals surface area (Å²) in [5, 5.41) is 45.7. The summed E-state index contributed by atoms with van der Waals surface area (Å²) < 4.78 is 6.14. The van der Waals surface area contributed by atoms with Gasteiger partial charge in [-0.25, -0.2) is 0 Å². The molecule has 208 valence electrons. The van der Waals surface area contributed by atoms with Gasteiger partial charge in [0.1, 0.15) is 11.2 Å². The number of aliphatic hydroxyl groups excluding tert-OH is 2. The molecular formula is C30H46O7.